The van der Waals surface area contributed by atoms with Crippen LogP contribution in [0.3, 0.4) is 0 Å². The van der Waals surface area contributed by atoms with E-state index in [0.29, 0.717) is 11.6 Å². The number of nitrogens with one attached hydrogen (secondary N) is 1. The van der Waals surface area contributed by atoms with Crippen LogP contribution in [-0.4, -0.2) is 23.1 Å². The Kier molecular flexibility index (Phi) is 3.94. The summed E-state index contributed by atoms with van der Waals surface area (Å²) in [6, 6.07) is 12.5. The summed E-state index contributed by atoms with van der Waals surface area (Å²) in [7, 11) is 0. The molecule has 4 nitrogen and oxygen atoms in total. The number of fused-ring (bicyclic) bond motifs is 1. The van der Waals surface area contributed by atoms with E-state index in [-0.39, 0.29) is 5.02 Å². The minimum Gasteiger partial charge on any atom is -0.356 e. The van der Waals surface area contributed by atoms with Crippen LogP contribution in [-0.2, 0) is 0 Å². The van der Waals surface area contributed by atoms with Crippen molar-refractivity contribution in [3.05, 3.63) is 53.3 Å². The minimum absolute atomic E-state index is 0.0700. The van der Waals surface area contributed by atoms with Gasteiger partial charge >= 0.3 is 0 Å². The standard InChI is InChI=1S/C18H16ClFN4/c19-14-11-12(7-8-15(14)20)21-18-22-16-6-2-1-5-13(16)17(23-18)24-9-3-4-10-24/h1-2,5-8,11H,3-4,9-10H2,(H,21,22,23). The lowest BCUT2D eigenvalue weighted by Crippen LogP contribution is -2.20. The molecule has 24 heavy (non-hydrogen) atoms. The number of rotatable bonds is 3. The van der Waals surface area contributed by atoms with E-state index in [9.17, 15) is 4.39 Å². The molecule has 0 amide bonds. The van der Waals surface area contributed by atoms with Gasteiger partial charge in [0.1, 0.15) is 11.6 Å². The molecular formula is C18H16ClFN4. The predicted molar refractivity (Wildman–Crippen MR) is 95.7 cm³/mol. The van der Waals surface area contributed by atoms with Crippen molar-refractivity contribution in [2.24, 2.45) is 0 Å². The smallest absolute Gasteiger partial charge is 0.229 e. The highest BCUT2D eigenvalue weighted by molar-refractivity contribution is 6.31. The fraction of sp³-hybridized carbons (Fsp3) is 0.222. The van der Waals surface area contributed by atoms with Gasteiger partial charge in [0.25, 0.3) is 0 Å². The van der Waals surface area contributed by atoms with Crippen LogP contribution in [0.1, 0.15) is 12.8 Å². The Bertz CT molecular complexity index is 893. The Hall–Kier alpha value is -2.40. The van der Waals surface area contributed by atoms with Gasteiger partial charge in [-0.3, -0.25) is 0 Å². The first-order chi connectivity index (χ1) is 11.7. The van der Waals surface area contributed by atoms with Crippen LogP contribution in [0.25, 0.3) is 10.9 Å². The van der Waals surface area contributed by atoms with Crippen molar-refractivity contribution in [1.29, 1.82) is 0 Å². The molecule has 2 heterocycles. The molecule has 1 fully saturated rings. The minimum atomic E-state index is -0.445. The number of benzene rings is 2. The second-order valence-electron chi connectivity index (χ2n) is 5.84. The molecule has 1 N–H and O–H groups in total. The van der Waals surface area contributed by atoms with E-state index in [1.54, 1.807) is 6.07 Å². The zero-order chi connectivity index (χ0) is 16.5. The Morgan fingerprint density at radius 1 is 1.04 bits per heavy atom. The lowest BCUT2D eigenvalue weighted by Gasteiger charge is -2.19. The zero-order valence-corrected chi connectivity index (χ0v) is 13.7. The number of hydrogen-bond acceptors (Lipinski definition) is 4. The van der Waals surface area contributed by atoms with E-state index < -0.39 is 5.82 Å². The van der Waals surface area contributed by atoms with Crippen molar-refractivity contribution in [3.8, 4) is 0 Å². The number of halogens is 2. The zero-order valence-electron chi connectivity index (χ0n) is 13.0. The van der Waals surface area contributed by atoms with Gasteiger partial charge in [-0.1, -0.05) is 23.7 Å². The topological polar surface area (TPSA) is 41.1 Å². The van der Waals surface area contributed by atoms with Gasteiger partial charge < -0.3 is 10.2 Å². The number of para-hydroxylation sites is 1. The highest BCUT2D eigenvalue weighted by atomic mass is 35.5. The van der Waals surface area contributed by atoms with Crippen molar-refractivity contribution in [2.45, 2.75) is 12.8 Å². The Morgan fingerprint density at radius 3 is 2.62 bits per heavy atom. The molecular weight excluding hydrogens is 327 g/mol. The van der Waals surface area contributed by atoms with Crippen LogP contribution in [0.5, 0.6) is 0 Å². The average Bonchev–Trinajstić information content (AvgIpc) is 3.12. The maximum absolute atomic E-state index is 13.3. The molecule has 2 aromatic carbocycles. The summed E-state index contributed by atoms with van der Waals surface area (Å²) in [5.74, 6) is 0.978. The van der Waals surface area contributed by atoms with Gasteiger partial charge in [0, 0.05) is 24.2 Å². The van der Waals surface area contributed by atoms with Crippen molar-refractivity contribution in [3.63, 3.8) is 0 Å². The van der Waals surface area contributed by atoms with Crippen LogP contribution in [0, 0.1) is 5.82 Å². The van der Waals surface area contributed by atoms with Gasteiger partial charge in [-0.25, -0.2) is 9.37 Å². The Balaban J connectivity index is 1.76. The van der Waals surface area contributed by atoms with Crippen LogP contribution in [0.15, 0.2) is 42.5 Å². The lowest BCUT2D eigenvalue weighted by molar-refractivity contribution is 0.628. The van der Waals surface area contributed by atoms with Gasteiger partial charge in [0.15, 0.2) is 0 Å². The van der Waals surface area contributed by atoms with Crippen molar-refractivity contribution in [2.75, 3.05) is 23.3 Å². The summed E-state index contributed by atoms with van der Waals surface area (Å²) < 4.78 is 13.3. The summed E-state index contributed by atoms with van der Waals surface area (Å²) in [6.07, 6.45) is 2.35. The second kappa shape index (κ2) is 6.24. The molecule has 1 saturated heterocycles. The van der Waals surface area contributed by atoms with Crippen molar-refractivity contribution < 1.29 is 4.39 Å². The van der Waals surface area contributed by atoms with E-state index in [1.165, 1.54) is 25.0 Å². The van der Waals surface area contributed by atoms with Crippen molar-refractivity contribution >= 4 is 40.0 Å². The van der Waals surface area contributed by atoms with Crippen LogP contribution in [0.2, 0.25) is 5.02 Å². The third-order valence-corrected chi connectivity index (χ3v) is 4.45. The molecule has 1 aliphatic rings. The van der Waals surface area contributed by atoms with Gasteiger partial charge in [0.05, 0.1) is 10.5 Å². The van der Waals surface area contributed by atoms with Gasteiger partial charge in [-0.05, 0) is 43.2 Å². The van der Waals surface area contributed by atoms with Gasteiger partial charge in [-0.2, -0.15) is 4.98 Å². The first kappa shape index (κ1) is 15.1. The van der Waals surface area contributed by atoms with E-state index in [2.05, 4.69) is 15.2 Å². The molecule has 0 radical (unpaired) electrons. The summed E-state index contributed by atoms with van der Waals surface area (Å²) in [5, 5.41) is 4.24. The van der Waals surface area contributed by atoms with Crippen LogP contribution in [0.4, 0.5) is 21.8 Å². The highest BCUT2D eigenvalue weighted by Gasteiger charge is 2.18. The molecule has 0 aliphatic carbocycles. The molecule has 3 aromatic rings. The summed E-state index contributed by atoms with van der Waals surface area (Å²) in [5.41, 5.74) is 1.54. The Labute approximate surface area is 144 Å². The van der Waals surface area contributed by atoms with E-state index >= 15 is 0 Å². The maximum Gasteiger partial charge on any atom is 0.229 e. The fourth-order valence-corrected chi connectivity index (χ4v) is 3.17. The largest absolute Gasteiger partial charge is 0.356 e. The molecule has 0 atom stereocenters. The number of anilines is 3. The lowest BCUT2D eigenvalue weighted by atomic mass is 10.2. The molecule has 0 saturated carbocycles. The highest BCUT2D eigenvalue weighted by Crippen LogP contribution is 2.29. The van der Waals surface area contributed by atoms with Crippen LogP contribution < -0.4 is 10.2 Å². The molecule has 4 rings (SSSR count). The number of nitrogens with zero attached hydrogens (tertiary/aromatic N) is 3. The quantitative estimate of drug-likeness (QED) is 0.744. The van der Waals surface area contributed by atoms with E-state index in [1.807, 2.05) is 24.3 Å². The molecule has 6 heteroatoms. The summed E-state index contributed by atoms with van der Waals surface area (Å²) >= 11 is 5.85. The molecule has 0 bridgehead atoms. The molecule has 0 spiro atoms. The summed E-state index contributed by atoms with van der Waals surface area (Å²) in [4.78, 5) is 11.6. The molecule has 1 aliphatic heterocycles. The SMILES string of the molecule is Fc1ccc(Nc2nc(N3CCCC3)c3ccccc3n2)cc1Cl. The summed E-state index contributed by atoms with van der Waals surface area (Å²) in [6.45, 7) is 2.01. The van der Waals surface area contributed by atoms with Crippen molar-refractivity contribution in [1.82, 2.24) is 9.97 Å². The second-order valence-corrected chi connectivity index (χ2v) is 6.24. The van der Waals surface area contributed by atoms with E-state index in [0.717, 1.165) is 29.8 Å². The predicted octanol–water partition coefficient (Wildman–Crippen LogP) is 4.77. The van der Waals surface area contributed by atoms with Gasteiger partial charge in [-0.15, -0.1) is 0 Å². The first-order valence-corrected chi connectivity index (χ1v) is 8.32. The third-order valence-electron chi connectivity index (χ3n) is 4.16. The monoisotopic (exact) mass is 342 g/mol. The fourth-order valence-electron chi connectivity index (χ4n) is 2.99. The third kappa shape index (κ3) is 2.87. The Morgan fingerprint density at radius 2 is 1.83 bits per heavy atom. The maximum atomic E-state index is 13.3. The van der Waals surface area contributed by atoms with Gasteiger partial charge in [0.2, 0.25) is 5.95 Å². The first-order valence-electron chi connectivity index (χ1n) is 7.94. The average molecular weight is 343 g/mol. The molecule has 122 valence electrons. The number of hydrogen-bond donors (Lipinski definition) is 1. The van der Waals surface area contributed by atoms with Crippen LogP contribution >= 0.6 is 11.6 Å². The van der Waals surface area contributed by atoms with E-state index in [4.69, 9.17) is 16.6 Å². The number of aromatic nitrogens is 2. The normalized spacial score (nSPS) is 14.3. The molecule has 0 unspecified atom stereocenters. The molecule has 1 aromatic heterocycles.